The minimum Gasteiger partial charge on any atom is -0.378 e. The number of halogens is 3. The molecule has 5 rings (SSSR count). The third-order valence-electron chi connectivity index (χ3n) is 7.60. The van der Waals surface area contributed by atoms with E-state index in [2.05, 4.69) is 4.98 Å². The molecule has 1 atom stereocenters. The fourth-order valence-electron chi connectivity index (χ4n) is 5.70. The van der Waals surface area contributed by atoms with Gasteiger partial charge in [0.25, 0.3) is 0 Å². The Hall–Kier alpha value is -2.36. The summed E-state index contributed by atoms with van der Waals surface area (Å²) in [6.07, 6.45) is -0.940. The molecule has 0 unspecified atom stereocenters. The van der Waals surface area contributed by atoms with Gasteiger partial charge in [0, 0.05) is 49.8 Å². The van der Waals surface area contributed by atoms with Gasteiger partial charge in [0.1, 0.15) is 0 Å². The van der Waals surface area contributed by atoms with Crippen LogP contribution in [-0.2, 0) is 4.74 Å². The molecule has 2 aromatic rings. The van der Waals surface area contributed by atoms with Crippen molar-refractivity contribution in [2.75, 3.05) is 39.4 Å². The van der Waals surface area contributed by atoms with Crippen molar-refractivity contribution in [2.45, 2.75) is 63.5 Å². The van der Waals surface area contributed by atoms with Crippen molar-refractivity contribution in [1.29, 1.82) is 0 Å². The number of alkyl halides is 3. The number of aromatic nitrogens is 3. The topological polar surface area (TPSA) is 63.0 Å². The lowest BCUT2D eigenvalue weighted by Crippen LogP contribution is -2.50. The number of piperidine rings is 1. The predicted octanol–water partition coefficient (Wildman–Crippen LogP) is 4.51. The molecule has 0 bridgehead atoms. The largest absolute Gasteiger partial charge is 0.391 e. The van der Waals surface area contributed by atoms with E-state index in [1.54, 1.807) is 0 Å². The second kappa shape index (κ2) is 9.36. The minimum absolute atomic E-state index is 0.0270. The van der Waals surface area contributed by atoms with Crippen LogP contribution >= 0.6 is 0 Å². The fourth-order valence-corrected chi connectivity index (χ4v) is 5.70. The molecule has 186 valence electrons. The lowest BCUT2D eigenvalue weighted by atomic mass is 9.80. The van der Waals surface area contributed by atoms with Gasteiger partial charge in [0.15, 0.2) is 5.65 Å². The van der Waals surface area contributed by atoms with Gasteiger partial charge in [-0.2, -0.15) is 18.3 Å². The van der Waals surface area contributed by atoms with Gasteiger partial charge in [0.2, 0.25) is 0 Å². The zero-order valence-corrected chi connectivity index (χ0v) is 19.6. The number of nitrogens with zero attached hydrogens (tertiary/aromatic N) is 5. The van der Waals surface area contributed by atoms with Crippen LogP contribution in [0, 0.1) is 12.8 Å². The van der Waals surface area contributed by atoms with Crippen LogP contribution in [0.25, 0.3) is 5.65 Å². The fraction of sp³-hybridized carbons (Fsp3) is 0.708. The molecule has 10 heteroatoms. The average molecular weight is 480 g/mol. The molecule has 1 saturated carbocycles. The third kappa shape index (κ3) is 4.74. The van der Waals surface area contributed by atoms with Crippen LogP contribution in [0.15, 0.2) is 12.1 Å². The molecule has 1 aliphatic carbocycles. The molecular formula is C24H32F3N5O2. The molecule has 3 aliphatic rings. The predicted molar refractivity (Wildman–Crippen MR) is 120 cm³/mol. The summed E-state index contributed by atoms with van der Waals surface area (Å²) < 4.78 is 46.5. The summed E-state index contributed by atoms with van der Waals surface area (Å²) in [5.74, 6) is -1.04. The highest BCUT2D eigenvalue weighted by molar-refractivity contribution is 5.74. The van der Waals surface area contributed by atoms with Crippen molar-refractivity contribution in [1.82, 2.24) is 24.4 Å². The lowest BCUT2D eigenvalue weighted by Gasteiger charge is -2.37. The highest BCUT2D eigenvalue weighted by atomic mass is 19.4. The molecule has 2 aliphatic heterocycles. The number of amides is 2. The summed E-state index contributed by atoms with van der Waals surface area (Å²) in [5.41, 5.74) is 3.47. The smallest absolute Gasteiger partial charge is 0.378 e. The normalized spacial score (nSPS) is 26.8. The number of morpholine rings is 1. The maximum Gasteiger partial charge on any atom is 0.391 e. The van der Waals surface area contributed by atoms with Gasteiger partial charge in [-0.15, -0.1) is 0 Å². The van der Waals surface area contributed by atoms with Crippen molar-refractivity contribution >= 4 is 11.7 Å². The molecular weight excluding hydrogens is 447 g/mol. The molecule has 4 heterocycles. The number of hydrogen-bond donors (Lipinski definition) is 0. The zero-order valence-electron chi connectivity index (χ0n) is 19.6. The second-order valence-electron chi connectivity index (χ2n) is 9.92. The number of urea groups is 1. The molecule has 0 aromatic carbocycles. The number of aryl methyl sites for hydroxylation is 1. The monoisotopic (exact) mass is 479 g/mol. The highest BCUT2D eigenvalue weighted by Gasteiger charge is 2.42. The summed E-state index contributed by atoms with van der Waals surface area (Å²) in [5, 5.41) is 4.84. The molecule has 2 aromatic heterocycles. The Morgan fingerprint density at radius 1 is 1.00 bits per heavy atom. The first-order chi connectivity index (χ1) is 16.3. The Bertz CT molecular complexity index is 1030. The van der Waals surface area contributed by atoms with E-state index in [-0.39, 0.29) is 30.7 Å². The van der Waals surface area contributed by atoms with E-state index < -0.39 is 12.1 Å². The van der Waals surface area contributed by atoms with Gasteiger partial charge in [-0.1, -0.05) is 0 Å². The number of hydrogen-bond acceptors (Lipinski definition) is 4. The Kier molecular flexibility index (Phi) is 6.43. The highest BCUT2D eigenvalue weighted by Crippen LogP contribution is 2.43. The van der Waals surface area contributed by atoms with Gasteiger partial charge in [-0.05, 0) is 51.5 Å². The first-order valence-corrected chi connectivity index (χ1v) is 12.3. The minimum atomic E-state index is -4.11. The standard InChI is InChI=1S/C24H32F3N5O2/c1-16-13-21(18-3-2-8-31(15-18)23(33)30-9-11-34-12-10-30)32-22(28-16)14-20(29-32)17-4-6-19(7-5-17)24(25,26)27/h13-14,17-19H,2-12,15H2,1H3/t17-,18-,19-/m1/s1. The number of rotatable bonds is 2. The van der Waals surface area contributed by atoms with Crippen LogP contribution in [0.2, 0.25) is 0 Å². The van der Waals surface area contributed by atoms with Crippen molar-refractivity contribution in [3.8, 4) is 0 Å². The van der Waals surface area contributed by atoms with Crippen LogP contribution < -0.4 is 0 Å². The van der Waals surface area contributed by atoms with Crippen LogP contribution in [0.4, 0.5) is 18.0 Å². The number of carbonyl (C=O) groups excluding carboxylic acids is 1. The first-order valence-electron chi connectivity index (χ1n) is 12.3. The van der Waals surface area contributed by atoms with E-state index in [0.29, 0.717) is 45.7 Å². The Labute approximate surface area is 197 Å². The SMILES string of the molecule is Cc1cc([C@@H]2CCCN(C(=O)N3CCOCC3)C2)n2nc([C@H]3CC[C@H](C(F)(F)F)CC3)cc2n1. The van der Waals surface area contributed by atoms with E-state index in [1.165, 1.54) is 0 Å². The van der Waals surface area contributed by atoms with Crippen LogP contribution in [-0.4, -0.2) is 76.0 Å². The average Bonchev–Trinajstić information content (AvgIpc) is 3.27. The number of fused-ring (bicyclic) bond motifs is 1. The lowest BCUT2D eigenvalue weighted by molar-refractivity contribution is -0.182. The van der Waals surface area contributed by atoms with Crippen LogP contribution in [0.1, 0.15) is 67.4 Å². The van der Waals surface area contributed by atoms with Gasteiger partial charge < -0.3 is 14.5 Å². The molecule has 0 radical (unpaired) electrons. The number of ether oxygens (including phenoxy) is 1. The van der Waals surface area contributed by atoms with E-state index in [4.69, 9.17) is 9.84 Å². The molecule has 7 nitrogen and oxygen atoms in total. The molecule has 2 saturated heterocycles. The van der Waals surface area contributed by atoms with E-state index in [1.807, 2.05) is 33.4 Å². The Morgan fingerprint density at radius 2 is 1.74 bits per heavy atom. The quantitative estimate of drug-likeness (QED) is 0.636. The molecule has 3 fully saturated rings. The summed E-state index contributed by atoms with van der Waals surface area (Å²) in [7, 11) is 0. The molecule has 34 heavy (non-hydrogen) atoms. The van der Waals surface area contributed by atoms with Crippen molar-refractivity contribution in [3.05, 3.63) is 29.2 Å². The van der Waals surface area contributed by atoms with E-state index >= 15 is 0 Å². The van der Waals surface area contributed by atoms with E-state index in [9.17, 15) is 18.0 Å². The van der Waals surface area contributed by atoms with Crippen molar-refractivity contribution < 1.29 is 22.7 Å². The van der Waals surface area contributed by atoms with Gasteiger partial charge in [0.05, 0.1) is 30.5 Å². The summed E-state index contributed by atoms with van der Waals surface area (Å²) >= 11 is 0. The molecule has 2 amide bonds. The van der Waals surface area contributed by atoms with Crippen molar-refractivity contribution in [2.24, 2.45) is 5.92 Å². The van der Waals surface area contributed by atoms with Crippen molar-refractivity contribution in [3.63, 3.8) is 0 Å². The summed E-state index contributed by atoms with van der Waals surface area (Å²) in [6, 6.07) is 4.05. The van der Waals surface area contributed by atoms with Gasteiger partial charge in [-0.25, -0.2) is 14.3 Å². The number of carbonyl (C=O) groups is 1. The Balaban J connectivity index is 1.35. The summed E-state index contributed by atoms with van der Waals surface area (Å²) in [6.45, 7) is 5.72. The zero-order chi connectivity index (χ0) is 23.9. The van der Waals surface area contributed by atoms with E-state index in [0.717, 1.165) is 42.1 Å². The third-order valence-corrected chi connectivity index (χ3v) is 7.60. The maximum absolute atomic E-state index is 13.1. The Morgan fingerprint density at radius 3 is 2.44 bits per heavy atom. The van der Waals surface area contributed by atoms with Gasteiger partial charge in [-0.3, -0.25) is 0 Å². The van der Waals surface area contributed by atoms with Crippen LogP contribution in [0.5, 0.6) is 0 Å². The second-order valence-corrected chi connectivity index (χ2v) is 9.92. The van der Waals surface area contributed by atoms with Gasteiger partial charge >= 0.3 is 12.2 Å². The number of likely N-dealkylation sites (tertiary alicyclic amines) is 1. The summed E-state index contributed by atoms with van der Waals surface area (Å²) in [4.78, 5) is 21.5. The molecule has 0 N–H and O–H groups in total. The molecule has 0 spiro atoms. The maximum atomic E-state index is 13.1. The first kappa shape index (κ1) is 23.4. The van der Waals surface area contributed by atoms with Crippen LogP contribution in [0.3, 0.4) is 0 Å².